The SMILES string of the molecule is CC(C)(C)OC(=O)NCC(C)(C)C1(N)CC1. The summed E-state index contributed by atoms with van der Waals surface area (Å²) < 4.78 is 5.18. The molecule has 1 rings (SSSR count). The first-order valence-corrected chi connectivity index (χ1v) is 5.82. The lowest BCUT2D eigenvalue weighted by Gasteiger charge is -2.32. The van der Waals surface area contributed by atoms with E-state index in [1.807, 2.05) is 20.8 Å². The van der Waals surface area contributed by atoms with Gasteiger partial charge in [0.1, 0.15) is 5.60 Å². The summed E-state index contributed by atoms with van der Waals surface area (Å²) in [6.07, 6.45) is 1.70. The number of hydrogen-bond acceptors (Lipinski definition) is 3. The van der Waals surface area contributed by atoms with Crippen molar-refractivity contribution in [3.63, 3.8) is 0 Å². The Morgan fingerprint density at radius 3 is 2.19 bits per heavy atom. The van der Waals surface area contributed by atoms with Gasteiger partial charge in [0, 0.05) is 17.5 Å². The zero-order valence-corrected chi connectivity index (χ0v) is 11.0. The minimum atomic E-state index is -0.450. The Hall–Kier alpha value is -0.770. The van der Waals surface area contributed by atoms with Crippen LogP contribution in [0.15, 0.2) is 0 Å². The number of alkyl carbamates (subject to hydrolysis) is 1. The van der Waals surface area contributed by atoms with Gasteiger partial charge in [-0.3, -0.25) is 0 Å². The van der Waals surface area contributed by atoms with Crippen LogP contribution < -0.4 is 11.1 Å². The lowest BCUT2D eigenvalue weighted by Crippen LogP contribution is -2.48. The average molecular weight is 228 g/mol. The van der Waals surface area contributed by atoms with Crippen molar-refractivity contribution in [2.45, 2.75) is 58.6 Å². The zero-order valence-electron chi connectivity index (χ0n) is 11.0. The maximum absolute atomic E-state index is 11.5. The third kappa shape index (κ3) is 3.37. The minimum Gasteiger partial charge on any atom is -0.444 e. The van der Waals surface area contributed by atoms with Gasteiger partial charge in [0.05, 0.1) is 0 Å². The fraction of sp³-hybridized carbons (Fsp3) is 0.917. The van der Waals surface area contributed by atoms with Crippen LogP contribution >= 0.6 is 0 Å². The topological polar surface area (TPSA) is 64.3 Å². The van der Waals surface area contributed by atoms with Crippen LogP contribution in [0.3, 0.4) is 0 Å². The fourth-order valence-corrected chi connectivity index (χ4v) is 1.59. The first-order chi connectivity index (χ1) is 7.06. The van der Waals surface area contributed by atoms with Crippen LogP contribution in [-0.4, -0.2) is 23.8 Å². The maximum Gasteiger partial charge on any atom is 0.407 e. The Labute approximate surface area is 97.9 Å². The highest BCUT2D eigenvalue weighted by atomic mass is 16.6. The molecule has 1 aliphatic carbocycles. The van der Waals surface area contributed by atoms with Crippen LogP contribution in [-0.2, 0) is 4.74 Å². The summed E-state index contributed by atoms with van der Waals surface area (Å²) in [6.45, 7) is 10.3. The number of carbonyl (C=O) groups excluding carboxylic acids is 1. The molecular weight excluding hydrogens is 204 g/mol. The van der Waals surface area contributed by atoms with Crippen LogP contribution in [0.5, 0.6) is 0 Å². The molecule has 0 aromatic carbocycles. The highest BCUT2D eigenvalue weighted by Crippen LogP contribution is 2.47. The summed E-state index contributed by atoms with van der Waals surface area (Å²) in [5.74, 6) is 0. The Morgan fingerprint density at radius 1 is 1.31 bits per heavy atom. The molecule has 0 heterocycles. The van der Waals surface area contributed by atoms with Gasteiger partial charge >= 0.3 is 6.09 Å². The largest absolute Gasteiger partial charge is 0.444 e. The van der Waals surface area contributed by atoms with E-state index >= 15 is 0 Å². The second-order valence-corrected chi connectivity index (χ2v) is 6.40. The zero-order chi connectivity index (χ0) is 12.6. The molecular formula is C12H24N2O2. The van der Waals surface area contributed by atoms with E-state index in [1.54, 1.807) is 0 Å². The molecule has 4 nitrogen and oxygen atoms in total. The van der Waals surface area contributed by atoms with Crippen LogP contribution in [0.2, 0.25) is 0 Å². The van der Waals surface area contributed by atoms with Crippen LogP contribution in [0.4, 0.5) is 4.79 Å². The molecule has 3 N–H and O–H groups in total. The molecule has 1 fully saturated rings. The van der Waals surface area contributed by atoms with Crippen molar-refractivity contribution in [3.8, 4) is 0 Å². The summed E-state index contributed by atoms with van der Waals surface area (Å²) in [7, 11) is 0. The highest BCUT2D eigenvalue weighted by Gasteiger charge is 2.51. The van der Waals surface area contributed by atoms with E-state index in [4.69, 9.17) is 10.5 Å². The number of ether oxygens (including phenoxy) is 1. The second-order valence-electron chi connectivity index (χ2n) is 6.40. The van der Waals surface area contributed by atoms with E-state index < -0.39 is 5.60 Å². The number of carbonyl (C=O) groups is 1. The summed E-state index contributed by atoms with van der Waals surface area (Å²) in [4.78, 5) is 11.5. The molecule has 1 amide bonds. The number of nitrogens with one attached hydrogen (secondary N) is 1. The first-order valence-electron chi connectivity index (χ1n) is 5.82. The monoisotopic (exact) mass is 228 g/mol. The van der Waals surface area contributed by atoms with Gasteiger partial charge in [0.2, 0.25) is 0 Å². The third-order valence-corrected chi connectivity index (χ3v) is 3.21. The van der Waals surface area contributed by atoms with Crippen molar-refractivity contribution in [2.24, 2.45) is 11.1 Å². The van der Waals surface area contributed by atoms with Crippen LogP contribution in [0.1, 0.15) is 47.5 Å². The van der Waals surface area contributed by atoms with Gasteiger partial charge in [-0.05, 0) is 33.6 Å². The van der Waals surface area contributed by atoms with Crippen molar-refractivity contribution >= 4 is 6.09 Å². The molecule has 0 radical (unpaired) electrons. The quantitative estimate of drug-likeness (QED) is 0.776. The van der Waals surface area contributed by atoms with Gasteiger partial charge < -0.3 is 15.8 Å². The molecule has 0 bridgehead atoms. The first kappa shape index (κ1) is 13.3. The van der Waals surface area contributed by atoms with Crippen LogP contribution in [0, 0.1) is 5.41 Å². The number of rotatable bonds is 3. The third-order valence-electron chi connectivity index (χ3n) is 3.21. The Balaban J connectivity index is 2.37. The number of nitrogens with two attached hydrogens (primary N) is 1. The summed E-state index contributed by atoms with van der Waals surface area (Å²) in [5, 5.41) is 2.78. The van der Waals surface area contributed by atoms with Crippen molar-refractivity contribution in [1.29, 1.82) is 0 Å². The molecule has 0 spiro atoms. The Kier molecular flexibility index (Phi) is 3.25. The second kappa shape index (κ2) is 3.91. The maximum atomic E-state index is 11.5. The smallest absolute Gasteiger partial charge is 0.407 e. The Bertz CT molecular complexity index is 275. The van der Waals surface area contributed by atoms with Gasteiger partial charge in [-0.2, -0.15) is 0 Å². The lowest BCUT2D eigenvalue weighted by molar-refractivity contribution is 0.0498. The molecule has 0 saturated heterocycles. The molecule has 0 atom stereocenters. The predicted molar refractivity (Wildman–Crippen MR) is 64.2 cm³/mol. The van der Waals surface area contributed by atoms with Gasteiger partial charge in [-0.25, -0.2) is 4.79 Å². The molecule has 16 heavy (non-hydrogen) atoms. The molecule has 1 saturated carbocycles. The minimum absolute atomic E-state index is 0.0795. The van der Waals surface area contributed by atoms with E-state index in [0.29, 0.717) is 6.54 Å². The molecule has 0 unspecified atom stereocenters. The fourth-order valence-electron chi connectivity index (χ4n) is 1.59. The van der Waals surface area contributed by atoms with Crippen molar-refractivity contribution < 1.29 is 9.53 Å². The molecule has 0 aliphatic heterocycles. The van der Waals surface area contributed by atoms with E-state index in [9.17, 15) is 4.79 Å². The van der Waals surface area contributed by atoms with E-state index in [-0.39, 0.29) is 17.0 Å². The highest BCUT2D eigenvalue weighted by molar-refractivity contribution is 5.67. The molecule has 0 aromatic heterocycles. The number of hydrogen-bond donors (Lipinski definition) is 2. The predicted octanol–water partition coefficient (Wildman–Crippen LogP) is 2.03. The van der Waals surface area contributed by atoms with Gasteiger partial charge in [0.25, 0.3) is 0 Å². The Morgan fingerprint density at radius 2 is 1.81 bits per heavy atom. The molecule has 94 valence electrons. The van der Waals surface area contributed by atoms with Gasteiger partial charge in [0.15, 0.2) is 0 Å². The van der Waals surface area contributed by atoms with Gasteiger partial charge in [-0.1, -0.05) is 13.8 Å². The van der Waals surface area contributed by atoms with Crippen molar-refractivity contribution in [1.82, 2.24) is 5.32 Å². The molecule has 4 heteroatoms. The van der Waals surface area contributed by atoms with Gasteiger partial charge in [-0.15, -0.1) is 0 Å². The average Bonchev–Trinajstić information content (AvgIpc) is 2.79. The van der Waals surface area contributed by atoms with Crippen molar-refractivity contribution in [3.05, 3.63) is 0 Å². The number of amides is 1. The molecule has 1 aliphatic rings. The summed E-state index contributed by atoms with van der Waals surface area (Å²) in [5.41, 5.74) is 5.51. The van der Waals surface area contributed by atoms with E-state index in [1.165, 1.54) is 0 Å². The van der Waals surface area contributed by atoms with Crippen LogP contribution in [0.25, 0.3) is 0 Å². The summed E-state index contributed by atoms with van der Waals surface area (Å²) >= 11 is 0. The van der Waals surface area contributed by atoms with Crippen molar-refractivity contribution in [2.75, 3.05) is 6.54 Å². The molecule has 0 aromatic rings. The normalized spacial score (nSPS) is 19.1. The standard InChI is InChI=1S/C12H24N2O2/c1-10(2,3)16-9(15)14-8-11(4,5)12(13)6-7-12/h6-8,13H2,1-5H3,(H,14,15). The van der Waals surface area contributed by atoms with E-state index in [2.05, 4.69) is 19.2 Å². The van der Waals surface area contributed by atoms with E-state index in [0.717, 1.165) is 12.8 Å². The lowest BCUT2D eigenvalue weighted by atomic mass is 9.82. The summed E-state index contributed by atoms with van der Waals surface area (Å²) in [6, 6.07) is 0.